The van der Waals surface area contributed by atoms with E-state index in [2.05, 4.69) is 11.7 Å². The minimum atomic E-state index is -0.500. The lowest BCUT2D eigenvalue weighted by atomic mass is 10.2. The molecule has 2 aromatic rings. The van der Waals surface area contributed by atoms with Gasteiger partial charge < -0.3 is 0 Å². The summed E-state index contributed by atoms with van der Waals surface area (Å²) in [5.74, 6) is 0. The zero-order valence-corrected chi connectivity index (χ0v) is 10.4. The Morgan fingerprint density at radius 3 is 2.44 bits per heavy atom. The Morgan fingerprint density at radius 2 is 1.89 bits per heavy atom. The number of benzene rings is 1. The van der Waals surface area contributed by atoms with E-state index in [4.69, 9.17) is 11.6 Å². The Kier molecular flexibility index (Phi) is 3.16. The summed E-state index contributed by atoms with van der Waals surface area (Å²) >= 11 is 5.75. The van der Waals surface area contributed by atoms with E-state index in [-0.39, 0.29) is 0 Å². The molecule has 0 aliphatic carbocycles. The Hall–Kier alpha value is -2.14. The van der Waals surface area contributed by atoms with E-state index < -0.39 is 11.2 Å². The van der Waals surface area contributed by atoms with E-state index in [1.807, 2.05) is 0 Å². The molecule has 5 nitrogen and oxygen atoms in total. The average Bonchev–Trinajstić information content (AvgIpc) is 2.36. The third-order valence-corrected chi connectivity index (χ3v) is 2.73. The molecule has 2 rings (SSSR count). The highest BCUT2D eigenvalue weighted by atomic mass is 35.5. The van der Waals surface area contributed by atoms with E-state index in [1.54, 1.807) is 24.3 Å². The van der Waals surface area contributed by atoms with Gasteiger partial charge in [0.25, 0.3) is 5.56 Å². The van der Waals surface area contributed by atoms with Gasteiger partial charge in [0, 0.05) is 12.1 Å². The lowest BCUT2D eigenvalue weighted by Gasteiger charge is -2.06. The third-order valence-electron chi connectivity index (χ3n) is 2.51. The molecule has 0 saturated carbocycles. The first-order valence-corrected chi connectivity index (χ1v) is 5.49. The molecule has 18 heavy (non-hydrogen) atoms. The van der Waals surface area contributed by atoms with Gasteiger partial charge in [-0.05, 0) is 17.7 Å². The SMILES string of the molecule is C=C(Cl)c1ccc(-n2ncc(=O)n(C)c2=O)cc1. The number of hydrogen-bond acceptors (Lipinski definition) is 3. The van der Waals surface area contributed by atoms with Gasteiger partial charge in [0.05, 0.1) is 5.69 Å². The average molecular weight is 264 g/mol. The maximum absolute atomic E-state index is 11.8. The quantitative estimate of drug-likeness (QED) is 0.816. The van der Waals surface area contributed by atoms with Gasteiger partial charge in [0.15, 0.2) is 0 Å². The standard InChI is InChI=1S/C12H10ClN3O2/c1-8(13)9-3-5-10(6-4-9)16-12(18)15(2)11(17)7-14-16/h3-7H,1H2,2H3. The van der Waals surface area contributed by atoms with Crippen LogP contribution in [0, 0.1) is 0 Å². The minimum Gasteiger partial charge on any atom is -0.267 e. The number of halogens is 1. The van der Waals surface area contributed by atoms with Crippen LogP contribution in [0.4, 0.5) is 0 Å². The Bertz CT molecular complexity index is 713. The first-order valence-electron chi connectivity index (χ1n) is 5.11. The van der Waals surface area contributed by atoms with Gasteiger partial charge >= 0.3 is 5.69 Å². The molecule has 0 atom stereocenters. The van der Waals surface area contributed by atoms with Gasteiger partial charge in [0.2, 0.25) is 0 Å². The maximum Gasteiger partial charge on any atom is 0.351 e. The number of nitrogens with zero attached hydrogens (tertiary/aromatic N) is 3. The summed E-state index contributed by atoms with van der Waals surface area (Å²) in [7, 11) is 1.40. The van der Waals surface area contributed by atoms with Crippen molar-refractivity contribution in [2.45, 2.75) is 0 Å². The van der Waals surface area contributed by atoms with Crippen LogP contribution in [0.3, 0.4) is 0 Å². The van der Waals surface area contributed by atoms with Crippen molar-refractivity contribution in [2.24, 2.45) is 7.05 Å². The topological polar surface area (TPSA) is 56.9 Å². The molecule has 1 aromatic heterocycles. The van der Waals surface area contributed by atoms with Crippen LogP contribution in [0.5, 0.6) is 0 Å². The largest absolute Gasteiger partial charge is 0.351 e. The molecule has 1 heterocycles. The van der Waals surface area contributed by atoms with Crippen LogP contribution >= 0.6 is 11.6 Å². The molecule has 0 saturated heterocycles. The van der Waals surface area contributed by atoms with Crippen LogP contribution in [0.1, 0.15) is 5.56 Å². The first kappa shape index (κ1) is 12.3. The highest BCUT2D eigenvalue weighted by Crippen LogP contribution is 2.17. The van der Waals surface area contributed by atoms with Crippen LogP contribution in [-0.2, 0) is 7.05 Å². The molecule has 0 bridgehead atoms. The number of hydrogen-bond donors (Lipinski definition) is 0. The lowest BCUT2D eigenvalue weighted by Crippen LogP contribution is -2.38. The second-order valence-corrected chi connectivity index (χ2v) is 4.14. The van der Waals surface area contributed by atoms with Crippen LogP contribution in [0.15, 0.2) is 46.6 Å². The molecule has 1 aromatic carbocycles. The highest BCUT2D eigenvalue weighted by Gasteiger charge is 2.05. The minimum absolute atomic E-state index is 0.419. The van der Waals surface area contributed by atoms with Gasteiger partial charge in [0.1, 0.15) is 6.20 Å². The van der Waals surface area contributed by atoms with E-state index in [0.29, 0.717) is 10.7 Å². The Morgan fingerprint density at radius 1 is 1.28 bits per heavy atom. The van der Waals surface area contributed by atoms with Crippen molar-refractivity contribution in [3.63, 3.8) is 0 Å². The van der Waals surface area contributed by atoms with E-state index in [0.717, 1.165) is 21.0 Å². The second kappa shape index (κ2) is 4.62. The molecule has 0 spiro atoms. The van der Waals surface area contributed by atoms with Crippen molar-refractivity contribution in [1.82, 2.24) is 14.3 Å². The smallest absolute Gasteiger partial charge is 0.267 e. The highest BCUT2D eigenvalue weighted by molar-refractivity contribution is 6.48. The zero-order valence-electron chi connectivity index (χ0n) is 9.63. The summed E-state index contributed by atoms with van der Waals surface area (Å²) < 4.78 is 2.13. The van der Waals surface area contributed by atoms with Crippen LogP contribution < -0.4 is 11.2 Å². The molecule has 0 radical (unpaired) electrons. The maximum atomic E-state index is 11.8. The fraction of sp³-hybridized carbons (Fsp3) is 0.0833. The fourth-order valence-corrected chi connectivity index (χ4v) is 1.57. The summed E-state index contributed by atoms with van der Waals surface area (Å²) in [5.41, 5.74) is 0.373. The van der Waals surface area contributed by atoms with E-state index >= 15 is 0 Å². The Labute approximate surface area is 108 Å². The van der Waals surface area contributed by atoms with E-state index in [9.17, 15) is 9.59 Å². The Balaban J connectivity index is 2.56. The van der Waals surface area contributed by atoms with Crippen molar-refractivity contribution in [2.75, 3.05) is 0 Å². The molecule has 0 unspecified atom stereocenters. The first-order chi connectivity index (χ1) is 8.50. The summed E-state index contributed by atoms with van der Waals surface area (Å²) in [5, 5.41) is 4.22. The van der Waals surface area contributed by atoms with Gasteiger partial charge in [-0.1, -0.05) is 30.3 Å². The zero-order chi connectivity index (χ0) is 13.3. The van der Waals surface area contributed by atoms with Crippen molar-refractivity contribution in [1.29, 1.82) is 0 Å². The predicted octanol–water partition coefficient (Wildman–Crippen LogP) is 1.14. The molecule has 0 amide bonds. The van der Waals surface area contributed by atoms with Crippen LogP contribution in [0.25, 0.3) is 10.7 Å². The molecular weight excluding hydrogens is 254 g/mol. The van der Waals surface area contributed by atoms with E-state index in [1.165, 1.54) is 7.05 Å². The fourth-order valence-electron chi connectivity index (χ4n) is 1.44. The normalized spacial score (nSPS) is 10.3. The number of aromatic nitrogens is 3. The molecular formula is C12H10ClN3O2. The lowest BCUT2D eigenvalue weighted by molar-refractivity contribution is 0.655. The number of rotatable bonds is 2. The van der Waals surface area contributed by atoms with Crippen molar-refractivity contribution >= 4 is 16.6 Å². The molecule has 0 fully saturated rings. The molecule has 0 aliphatic rings. The predicted molar refractivity (Wildman–Crippen MR) is 70.0 cm³/mol. The molecule has 92 valence electrons. The monoisotopic (exact) mass is 263 g/mol. The summed E-state index contributed by atoms with van der Waals surface area (Å²) in [6, 6.07) is 6.82. The molecule has 0 N–H and O–H groups in total. The van der Waals surface area contributed by atoms with Gasteiger partial charge in [-0.2, -0.15) is 9.78 Å². The molecule has 0 aliphatic heterocycles. The summed E-state index contributed by atoms with van der Waals surface area (Å²) in [6.07, 6.45) is 1.09. The van der Waals surface area contributed by atoms with Gasteiger partial charge in [-0.3, -0.25) is 9.36 Å². The van der Waals surface area contributed by atoms with Crippen molar-refractivity contribution in [3.05, 3.63) is 63.4 Å². The van der Waals surface area contributed by atoms with Gasteiger partial charge in [-0.25, -0.2) is 4.79 Å². The summed E-state index contributed by atoms with van der Waals surface area (Å²) in [6.45, 7) is 3.61. The summed E-state index contributed by atoms with van der Waals surface area (Å²) in [4.78, 5) is 23.1. The van der Waals surface area contributed by atoms with Gasteiger partial charge in [-0.15, -0.1) is 0 Å². The molecule has 6 heteroatoms. The van der Waals surface area contributed by atoms with Crippen molar-refractivity contribution in [3.8, 4) is 5.69 Å². The van der Waals surface area contributed by atoms with Crippen molar-refractivity contribution < 1.29 is 0 Å². The van der Waals surface area contributed by atoms with Crippen LogP contribution in [-0.4, -0.2) is 14.3 Å². The second-order valence-electron chi connectivity index (χ2n) is 3.69. The van der Waals surface area contributed by atoms with Crippen LogP contribution in [0.2, 0.25) is 0 Å². The third kappa shape index (κ3) is 2.12.